The van der Waals surface area contributed by atoms with Crippen molar-refractivity contribution in [2.45, 2.75) is 25.0 Å². The van der Waals surface area contributed by atoms with E-state index in [2.05, 4.69) is 10.1 Å². The van der Waals surface area contributed by atoms with Crippen molar-refractivity contribution in [3.63, 3.8) is 0 Å². The molecule has 2 unspecified atom stereocenters. The first-order chi connectivity index (χ1) is 9.17. The molecule has 0 aliphatic carbocycles. The number of anilines is 1. The summed E-state index contributed by atoms with van der Waals surface area (Å²) < 4.78 is 5.82. The lowest BCUT2D eigenvalue weighted by Gasteiger charge is -2.35. The molecule has 2 fully saturated rings. The molecule has 2 bridgehead atoms. The van der Waals surface area contributed by atoms with Gasteiger partial charge in [-0.3, -0.25) is 0 Å². The second-order valence-corrected chi connectivity index (χ2v) is 5.45. The van der Waals surface area contributed by atoms with Crippen molar-refractivity contribution in [1.29, 1.82) is 0 Å². The van der Waals surface area contributed by atoms with E-state index in [9.17, 15) is 0 Å². The van der Waals surface area contributed by atoms with E-state index in [0.717, 1.165) is 31.6 Å². The van der Waals surface area contributed by atoms with Gasteiger partial charge >= 0.3 is 0 Å². The first kappa shape index (κ1) is 12.6. The second-order valence-electron chi connectivity index (χ2n) is 5.01. The minimum absolute atomic E-state index is 0.0799. The summed E-state index contributed by atoms with van der Waals surface area (Å²) in [5, 5.41) is 12.6. The number of nitrogens with zero attached hydrogens (tertiary/aromatic N) is 2. The zero-order chi connectivity index (χ0) is 13.4. The Labute approximate surface area is 116 Å². The lowest BCUT2D eigenvalue weighted by Crippen LogP contribution is -2.43. The molecule has 6 heteroatoms. The number of hydrogen-bond acceptors (Lipinski definition) is 4. The topological polar surface area (TPSA) is 71.1 Å². The number of amidine groups is 1. The van der Waals surface area contributed by atoms with Crippen LogP contribution in [-0.2, 0) is 4.74 Å². The molecule has 102 valence electrons. The predicted octanol–water partition coefficient (Wildman–Crippen LogP) is 1.80. The molecule has 0 spiro atoms. The molecule has 0 amide bonds. The molecule has 19 heavy (non-hydrogen) atoms. The van der Waals surface area contributed by atoms with Gasteiger partial charge in [0.25, 0.3) is 0 Å². The van der Waals surface area contributed by atoms with Gasteiger partial charge < -0.3 is 20.6 Å². The number of nitrogens with two attached hydrogens (primary N) is 1. The number of benzene rings is 1. The molecule has 1 aromatic carbocycles. The SMILES string of the molecule is NC(=NO)c1cc(Cl)ccc1N1CC2CCC(C1)O2. The molecule has 2 aliphatic heterocycles. The molecule has 0 saturated carbocycles. The number of rotatable bonds is 2. The Morgan fingerprint density at radius 1 is 1.37 bits per heavy atom. The van der Waals surface area contributed by atoms with Crippen LogP contribution in [-0.4, -0.2) is 36.3 Å². The van der Waals surface area contributed by atoms with Crippen molar-refractivity contribution in [2.24, 2.45) is 10.9 Å². The fraction of sp³-hybridized carbons (Fsp3) is 0.462. The minimum Gasteiger partial charge on any atom is -0.409 e. The Hall–Kier alpha value is -1.46. The first-order valence-electron chi connectivity index (χ1n) is 6.35. The maximum atomic E-state index is 8.89. The molecular weight excluding hydrogens is 266 g/mol. The summed E-state index contributed by atoms with van der Waals surface area (Å²) in [5.74, 6) is 0.0799. The molecule has 3 N–H and O–H groups in total. The van der Waals surface area contributed by atoms with E-state index < -0.39 is 0 Å². The average Bonchev–Trinajstić information content (AvgIpc) is 2.76. The monoisotopic (exact) mass is 281 g/mol. The van der Waals surface area contributed by atoms with E-state index in [1.54, 1.807) is 6.07 Å². The van der Waals surface area contributed by atoms with Gasteiger partial charge in [-0.15, -0.1) is 0 Å². The van der Waals surface area contributed by atoms with Crippen LogP contribution in [0.5, 0.6) is 0 Å². The van der Waals surface area contributed by atoms with Crippen LogP contribution in [0.3, 0.4) is 0 Å². The highest BCUT2D eigenvalue weighted by molar-refractivity contribution is 6.31. The standard InChI is InChI=1S/C13H16ClN3O2/c14-8-1-4-12(11(5-8)13(15)16-18)17-6-9-2-3-10(7-17)19-9/h1,4-5,9-10,18H,2-3,6-7H2,(H2,15,16). The zero-order valence-corrected chi connectivity index (χ0v) is 11.2. The third-order valence-electron chi connectivity index (χ3n) is 3.73. The Morgan fingerprint density at radius 3 is 2.68 bits per heavy atom. The normalized spacial score (nSPS) is 26.8. The minimum atomic E-state index is 0.0799. The van der Waals surface area contributed by atoms with Crippen molar-refractivity contribution < 1.29 is 9.94 Å². The Morgan fingerprint density at radius 2 is 2.05 bits per heavy atom. The highest BCUT2D eigenvalue weighted by Gasteiger charge is 2.34. The number of fused-ring (bicyclic) bond motifs is 2. The van der Waals surface area contributed by atoms with Crippen LogP contribution in [0.2, 0.25) is 5.02 Å². The number of hydrogen-bond donors (Lipinski definition) is 2. The summed E-state index contributed by atoms with van der Waals surface area (Å²) in [6.07, 6.45) is 2.78. The average molecular weight is 282 g/mol. The summed E-state index contributed by atoms with van der Waals surface area (Å²) >= 11 is 5.99. The number of morpholine rings is 1. The van der Waals surface area contributed by atoms with Gasteiger partial charge in [-0.25, -0.2) is 0 Å². The van der Waals surface area contributed by atoms with Crippen LogP contribution < -0.4 is 10.6 Å². The first-order valence-corrected chi connectivity index (χ1v) is 6.73. The van der Waals surface area contributed by atoms with Gasteiger partial charge in [-0.2, -0.15) is 0 Å². The van der Waals surface area contributed by atoms with Crippen LogP contribution in [0.4, 0.5) is 5.69 Å². The lowest BCUT2D eigenvalue weighted by atomic mass is 10.1. The van der Waals surface area contributed by atoms with Crippen molar-refractivity contribution >= 4 is 23.1 Å². The van der Waals surface area contributed by atoms with Gasteiger partial charge in [0.2, 0.25) is 0 Å². The number of ether oxygens (including phenoxy) is 1. The highest BCUT2D eigenvalue weighted by Crippen LogP contribution is 2.32. The largest absolute Gasteiger partial charge is 0.409 e. The summed E-state index contributed by atoms with van der Waals surface area (Å²) in [4.78, 5) is 2.23. The van der Waals surface area contributed by atoms with E-state index in [0.29, 0.717) is 10.6 Å². The summed E-state index contributed by atoms with van der Waals surface area (Å²) in [7, 11) is 0. The molecule has 2 aliphatic rings. The molecule has 0 aromatic heterocycles. The van der Waals surface area contributed by atoms with Crippen LogP contribution in [0.15, 0.2) is 23.4 Å². The third-order valence-corrected chi connectivity index (χ3v) is 3.96. The van der Waals surface area contributed by atoms with Crippen molar-refractivity contribution in [1.82, 2.24) is 0 Å². The van der Waals surface area contributed by atoms with Crippen LogP contribution in [0.1, 0.15) is 18.4 Å². The number of halogens is 1. The quantitative estimate of drug-likeness (QED) is 0.375. The van der Waals surface area contributed by atoms with Crippen molar-refractivity contribution in [2.75, 3.05) is 18.0 Å². The Bertz CT molecular complexity index is 509. The molecule has 3 rings (SSSR count). The van der Waals surface area contributed by atoms with Gasteiger partial charge in [-0.05, 0) is 31.0 Å². The highest BCUT2D eigenvalue weighted by atomic mass is 35.5. The fourth-order valence-electron chi connectivity index (χ4n) is 2.85. The van der Waals surface area contributed by atoms with Gasteiger partial charge in [0, 0.05) is 29.4 Å². The van der Waals surface area contributed by atoms with Gasteiger partial charge in [-0.1, -0.05) is 16.8 Å². The maximum absolute atomic E-state index is 8.89. The Balaban J connectivity index is 1.96. The lowest BCUT2D eigenvalue weighted by molar-refractivity contribution is 0.0305. The summed E-state index contributed by atoms with van der Waals surface area (Å²) in [6.45, 7) is 1.67. The Kier molecular flexibility index (Phi) is 3.24. The van der Waals surface area contributed by atoms with Gasteiger partial charge in [0.1, 0.15) is 0 Å². The van der Waals surface area contributed by atoms with Gasteiger partial charge in [0.15, 0.2) is 5.84 Å². The molecule has 2 heterocycles. The predicted molar refractivity (Wildman–Crippen MR) is 74.1 cm³/mol. The second kappa shape index (κ2) is 4.90. The maximum Gasteiger partial charge on any atom is 0.172 e. The zero-order valence-electron chi connectivity index (χ0n) is 10.4. The smallest absolute Gasteiger partial charge is 0.172 e. The van der Waals surface area contributed by atoms with Crippen molar-refractivity contribution in [3.05, 3.63) is 28.8 Å². The summed E-state index contributed by atoms with van der Waals surface area (Å²) in [6, 6.07) is 5.46. The van der Waals surface area contributed by atoms with E-state index in [1.807, 2.05) is 12.1 Å². The van der Waals surface area contributed by atoms with Gasteiger partial charge in [0.05, 0.1) is 12.2 Å². The molecule has 1 aromatic rings. The van der Waals surface area contributed by atoms with Crippen molar-refractivity contribution in [3.8, 4) is 0 Å². The van der Waals surface area contributed by atoms with Crippen LogP contribution >= 0.6 is 11.6 Å². The molecule has 5 nitrogen and oxygen atoms in total. The van der Waals surface area contributed by atoms with E-state index in [-0.39, 0.29) is 18.0 Å². The molecule has 2 saturated heterocycles. The van der Waals surface area contributed by atoms with Crippen LogP contribution in [0, 0.1) is 0 Å². The molecule has 0 radical (unpaired) electrons. The number of oxime groups is 1. The third kappa shape index (κ3) is 2.35. The van der Waals surface area contributed by atoms with E-state index >= 15 is 0 Å². The van der Waals surface area contributed by atoms with E-state index in [1.165, 1.54) is 0 Å². The fourth-order valence-corrected chi connectivity index (χ4v) is 3.03. The summed E-state index contributed by atoms with van der Waals surface area (Å²) in [5.41, 5.74) is 7.35. The molecular formula is C13H16ClN3O2. The molecule has 2 atom stereocenters. The van der Waals surface area contributed by atoms with Crippen LogP contribution in [0.25, 0.3) is 0 Å². The van der Waals surface area contributed by atoms with E-state index in [4.69, 9.17) is 27.3 Å².